The van der Waals surface area contributed by atoms with Gasteiger partial charge in [-0.1, -0.05) is 0 Å². The first-order chi connectivity index (χ1) is 7.20. The molecular weight excluding hydrogens is 212 g/mol. The van der Waals surface area contributed by atoms with Gasteiger partial charge in [0.1, 0.15) is 5.76 Å². The van der Waals surface area contributed by atoms with Gasteiger partial charge in [-0.3, -0.25) is 0 Å². The fourth-order valence-corrected chi connectivity index (χ4v) is 1.58. The van der Waals surface area contributed by atoms with E-state index in [0.29, 0.717) is 11.7 Å². The van der Waals surface area contributed by atoms with Crippen molar-refractivity contribution in [1.29, 1.82) is 0 Å². The molecular formula is C11H11ClN2O. The van der Waals surface area contributed by atoms with Crippen LogP contribution in [0.15, 0.2) is 22.8 Å². The molecule has 0 aliphatic carbocycles. The zero-order valence-corrected chi connectivity index (χ0v) is 9.38. The summed E-state index contributed by atoms with van der Waals surface area (Å²) in [5.41, 5.74) is 2.67. The number of alkyl halides is 1. The summed E-state index contributed by atoms with van der Waals surface area (Å²) in [6, 6.07) is 3.74. The minimum Gasteiger partial charge on any atom is -0.469 e. The first kappa shape index (κ1) is 10.2. The zero-order valence-electron chi connectivity index (χ0n) is 8.62. The topological polar surface area (TPSA) is 38.9 Å². The third-order valence-electron chi connectivity index (χ3n) is 2.14. The second-order valence-corrected chi connectivity index (χ2v) is 3.62. The second kappa shape index (κ2) is 4.03. The van der Waals surface area contributed by atoms with Gasteiger partial charge in [-0.25, -0.2) is 9.97 Å². The first-order valence-electron chi connectivity index (χ1n) is 4.65. The average molecular weight is 223 g/mol. The highest BCUT2D eigenvalue weighted by molar-refractivity contribution is 6.16. The Labute approximate surface area is 93.1 Å². The maximum absolute atomic E-state index is 5.76. The van der Waals surface area contributed by atoms with Crippen LogP contribution >= 0.6 is 11.6 Å². The Bertz CT molecular complexity index is 479. The lowest BCUT2D eigenvalue weighted by atomic mass is 10.2. The molecule has 0 unspecified atom stereocenters. The molecule has 78 valence electrons. The van der Waals surface area contributed by atoms with Gasteiger partial charge in [0, 0.05) is 5.69 Å². The van der Waals surface area contributed by atoms with Crippen LogP contribution in [0.1, 0.15) is 17.1 Å². The van der Waals surface area contributed by atoms with Gasteiger partial charge in [-0.2, -0.15) is 0 Å². The molecule has 2 rings (SSSR count). The van der Waals surface area contributed by atoms with Crippen LogP contribution in [0, 0.1) is 13.8 Å². The average Bonchev–Trinajstić information content (AvgIpc) is 2.63. The highest BCUT2D eigenvalue weighted by atomic mass is 35.5. The molecule has 0 fully saturated rings. The second-order valence-electron chi connectivity index (χ2n) is 3.35. The van der Waals surface area contributed by atoms with E-state index in [4.69, 9.17) is 16.0 Å². The summed E-state index contributed by atoms with van der Waals surface area (Å²) >= 11 is 5.76. The van der Waals surface area contributed by atoms with Gasteiger partial charge in [0.05, 0.1) is 23.4 Å². The fourth-order valence-electron chi connectivity index (χ4n) is 1.44. The molecule has 0 atom stereocenters. The summed E-state index contributed by atoms with van der Waals surface area (Å²) < 4.78 is 5.22. The minimum absolute atomic E-state index is 0.396. The first-order valence-corrected chi connectivity index (χ1v) is 5.19. The highest BCUT2D eigenvalue weighted by Crippen LogP contribution is 2.21. The van der Waals surface area contributed by atoms with Crippen molar-refractivity contribution >= 4 is 11.6 Å². The summed E-state index contributed by atoms with van der Waals surface area (Å²) in [7, 11) is 0. The predicted octanol–water partition coefficient (Wildman–Crippen LogP) is 3.09. The minimum atomic E-state index is 0.396. The Kier molecular flexibility index (Phi) is 2.73. The molecule has 0 amide bonds. The molecule has 0 aliphatic rings. The van der Waals surface area contributed by atoms with E-state index in [1.54, 1.807) is 6.26 Å². The van der Waals surface area contributed by atoms with Crippen molar-refractivity contribution in [2.75, 3.05) is 0 Å². The number of halogens is 1. The molecule has 2 heterocycles. The molecule has 15 heavy (non-hydrogen) atoms. The number of aromatic nitrogens is 2. The van der Waals surface area contributed by atoms with Gasteiger partial charge < -0.3 is 4.42 Å². The number of hydrogen-bond donors (Lipinski definition) is 0. The Morgan fingerprint density at radius 2 is 2.13 bits per heavy atom. The highest BCUT2D eigenvalue weighted by Gasteiger charge is 2.09. The third kappa shape index (κ3) is 2.02. The molecule has 0 N–H and O–H groups in total. The molecule has 2 aromatic heterocycles. The van der Waals surface area contributed by atoms with Crippen molar-refractivity contribution in [3.05, 3.63) is 35.5 Å². The summed E-state index contributed by atoms with van der Waals surface area (Å²) in [5, 5.41) is 0. The maximum atomic E-state index is 5.76. The molecule has 0 saturated carbocycles. The number of hydrogen-bond acceptors (Lipinski definition) is 3. The molecule has 0 bridgehead atoms. The van der Waals surface area contributed by atoms with Gasteiger partial charge in [0.15, 0.2) is 5.82 Å². The normalized spacial score (nSPS) is 10.6. The van der Waals surface area contributed by atoms with Crippen molar-refractivity contribution < 1.29 is 4.42 Å². The largest absolute Gasteiger partial charge is 0.469 e. The molecule has 0 radical (unpaired) electrons. The smallest absolute Gasteiger partial charge is 0.163 e. The molecule has 4 heteroatoms. The quantitative estimate of drug-likeness (QED) is 0.733. The number of furan rings is 1. The lowest BCUT2D eigenvalue weighted by molar-refractivity contribution is 0.535. The van der Waals surface area contributed by atoms with Crippen LogP contribution in [0.2, 0.25) is 0 Å². The number of aryl methyl sites for hydroxylation is 2. The van der Waals surface area contributed by atoms with Crippen LogP contribution in [0.3, 0.4) is 0 Å². The van der Waals surface area contributed by atoms with Crippen molar-refractivity contribution in [3.8, 4) is 11.4 Å². The van der Waals surface area contributed by atoms with Gasteiger partial charge in [-0.15, -0.1) is 11.6 Å². The van der Waals surface area contributed by atoms with Crippen LogP contribution < -0.4 is 0 Å². The summed E-state index contributed by atoms with van der Waals surface area (Å²) in [6.45, 7) is 3.82. The van der Waals surface area contributed by atoms with Crippen LogP contribution in [-0.4, -0.2) is 9.97 Å². The molecule has 0 saturated heterocycles. The van der Waals surface area contributed by atoms with E-state index >= 15 is 0 Å². The van der Waals surface area contributed by atoms with Crippen molar-refractivity contribution in [2.45, 2.75) is 19.7 Å². The van der Waals surface area contributed by atoms with E-state index in [2.05, 4.69) is 9.97 Å². The van der Waals surface area contributed by atoms with Crippen molar-refractivity contribution in [2.24, 2.45) is 0 Å². The molecule has 0 aromatic carbocycles. The Morgan fingerprint density at radius 3 is 2.73 bits per heavy atom. The number of nitrogens with zero attached hydrogens (tertiary/aromatic N) is 2. The van der Waals surface area contributed by atoms with E-state index in [0.717, 1.165) is 22.7 Å². The summed E-state index contributed by atoms with van der Waals surface area (Å²) in [6.07, 6.45) is 1.64. The van der Waals surface area contributed by atoms with Gasteiger partial charge in [0.25, 0.3) is 0 Å². The third-order valence-corrected chi connectivity index (χ3v) is 2.42. The van der Waals surface area contributed by atoms with E-state index < -0.39 is 0 Å². The molecule has 3 nitrogen and oxygen atoms in total. The Morgan fingerprint density at radius 1 is 1.33 bits per heavy atom. The Balaban J connectivity index is 2.53. The number of rotatable bonds is 2. The summed E-state index contributed by atoms with van der Waals surface area (Å²) in [4.78, 5) is 8.71. The molecule has 0 aliphatic heterocycles. The van der Waals surface area contributed by atoms with Gasteiger partial charge in [-0.05, 0) is 26.0 Å². The van der Waals surface area contributed by atoms with Crippen molar-refractivity contribution in [3.63, 3.8) is 0 Å². The maximum Gasteiger partial charge on any atom is 0.163 e. The van der Waals surface area contributed by atoms with Gasteiger partial charge >= 0.3 is 0 Å². The van der Waals surface area contributed by atoms with Gasteiger partial charge in [0.2, 0.25) is 0 Å². The monoisotopic (exact) mass is 222 g/mol. The van der Waals surface area contributed by atoms with E-state index in [9.17, 15) is 0 Å². The molecule has 0 spiro atoms. The fraction of sp³-hybridized carbons (Fsp3) is 0.273. The van der Waals surface area contributed by atoms with E-state index in [1.165, 1.54) is 0 Å². The standard InChI is InChI=1S/C11H11ClN2O/c1-7-5-9(6-12)14-11(13-7)10-3-4-15-8(10)2/h3-5H,6H2,1-2H3. The van der Waals surface area contributed by atoms with Crippen LogP contribution in [0.5, 0.6) is 0 Å². The lowest BCUT2D eigenvalue weighted by Gasteiger charge is -2.02. The summed E-state index contributed by atoms with van der Waals surface area (Å²) in [5.74, 6) is 1.89. The van der Waals surface area contributed by atoms with Crippen LogP contribution in [-0.2, 0) is 5.88 Å². The van der Waals surface area contributed by atoms with E-state index in [-0.39, 0.29) is 0 Å². The molecule has 2 aromatic rings. The van der Waals surface area contributed by atoms with Crippen LogP contribution in [0.25, 0.3) is 11.4 Å². The zero-order chi connectivity index (χ0) is 10.8. The lowest BCUT2D eigenvalue weighted by Crippen LogP contribution is -1.96. The van der Waals surface area contributed by atoms with Crippen molar-refractivity contribution in [1.82, 2.24) is 9.97 Å². The Hall–Kier alpha value is -1.35. The van der Waals surface area contributed by atoms with Crippen LogP contribution in [0.4, 0.5) is 0 Å². The predicted molar refractivity (Wildman–Crippen MR) is 58.8 cm³/mol. The SMILES string of the molecule is Cc1cc(CCl)nc(-c2ccoc2C)n1. The van der Waals surface area contributed by atoms with E-state index in [1.807, 2.05) is 26.0 Å².